The largest absolute Gasteiger partial charge is 0.497 e. The van der Waals surface area contributed by atoms with Crippen molar-refractivity contribution in [3.8, 4) is 5.75 Å². The Bertz CT molecular complexity index is 1040. The number of carbonyl (C=O) groups excluding carboxylic acids is 2. The maximum Gasteiger partial charge on any atom is 0.222 e. The van der Waals surface area contributed by atoms with Crippen LogP contribution in [-0.2, 0) is 11.2 Å². The van der Waals surface area contributed by atoms with Gasteiger partial charge < -0.3 is 9.64 Å². The maximum absolute atomic E-state index is 13.1. The van der Waals surface area contributed by atoms with Gasteiger partial charge in [-0.25, -0.2) is 0 Å². The highest BCUT2D eigenvalue weighted by molar-refractivity contribution is 6.01. The van der Waals surface area contributed by atoms with Crippen LogP contribution in [0.1, 0.15) is 35.2 Å². The number of benzene rings is 3. The summed E-state index contributed by atoms with van der Waals surface area (Å²) in [5, 5.41) is 2.21. The van der Waals surface area contributed by atoms with Crippen molar-refractivity contribution in [3.05, 3.63) is 77.9 Å². The third kappa shape index (κ3) is 4.54. The number of likely N-dealkylation sites (tertiary alicyclic amines) is 1. The molecule has 0 saturated carbocycles. The topological polar surface area (TPSA) is 46.6 Å². The summed E-state index contributed by atoms with van der Waals surface area (Å²) in [6.07, 6.45) is 2.87. The summed E-state index contributed by atoms with van der Waals surface area (Å²) < 4.78 is 5.18. The molecular formula is C26H27NO3. The second kappa shape index (κ2) is 9.12. The zero-order valence-corrected chi connectivity index (χ0v) is 17.3. The van der Waals surface area contributed by atoms with E-state index < -0.39 is 0 Å². The molecule has 4 rings (SSSR count). The number of amides is 1. The van der Waals surface area contributed by atoms with E-state index in [1.807, 2.05) is 71.6 Å². The van der Waals surface area contributed by atoms with Crippen LogP contribution < -0.4 is 4.74 Å². The van der Waals surface area contributed by atoms with Crippen LogP contribution in [0.2, 0.25) is 0 Å². The standard InChI is InChI=1S/C26H27NO3/c1-30-24-13-8-19(9-14-24)10-15-25(28)27-16-4-7-23(18-27)26(29)22-12-11-20-5-2-3-6-21(20)17-22/h2-3,5-6,8-9,11-14,17,23H,4,7,10,15-16,18H2,1H3. The van der Waals surface area contributed by atoms with Crippen LogP contribution in [0.5, 0.6) is 5.75 Å². The lowest BCUT2D eigenvalue weighted by Crippen LogP contribution is -2.42. The molecule has 4 heteroatoms. The Balaban J connectivity index is 1.37. The first-order valence-corrected chi connectivity index (χ1v) is 10.6. The molecule has 0 radical (unpaired) electrons. The lowest BCUT2D eigenvalue weighted by Gasteiger charge is -2.32. The number of piperidine rings is 1. The summed E-state index contributed by atoms with van der Waals surface area (Å²) >= 11 is 0. The number of aryl methyl sites for hydroxylation is 1. The molecule has 1 aliphatic rings. The molecule has 0 aromatic heterocycles. The van der Waals surface area contributed by atoms with Crippen molar-refractivity contribution >= 4 is 22.5 Å². The average Bonchev–Trinajstić information content (AvgIpc) is 2.82. The van der Waals surface area contributed by atoms with Crippen LogP contribution in [0.3, 0.4) is 0 Å². The van der Waals surface area contributed by atoms with Crippen molar-refractivity contribution in [2.45, 2.75) is 25.7 Å². The molecule has 1 aliphatic heterocycles. The van der Waals surface area contributed by atoms with E-state index in [1.54, 1.807) is 7.11 Å². The normalized spacial score (nSPS) is 16.4. The number of Topliss-reactive ketones (excluding diaryl/α,β-unsaturated/α-hetero) is 1. The first-order chi connectivity index (χ1) is 14.6. The minimum absolute atomic E-state index is 0.121. The third-order valence-corrected chi connectivity index (χ3v) is 5.97. The number of methoxy groups -OCH3 is 1. The number of rotatable bonds is 6. The maximum atomic E-state index is 13.1. The molecule has 154 valence electrons. The molecule has 0 bridgehead atoms. The van der Waals surface area contributed by atoms with Gasteiger partial charge in [0.1, 0.15) is 5.75 Å². The number of ether oxygens (including phenoxy) is 1. The van der Waals surface area contributed by atoms with Gasteiger partial charge in [0, 0.05) is 31.0 Å². The summed E-state index contributed by atoms with van der Waals surface area (Å²) in [4.78, 5) is 27.7. The Hall–Kier alpha value is -3.14. The molecule has 3 aromatic carbocycles. The molecule has 3 aromatic rings. The molecule has 0 N–H and O–H groups in total. The molecule has 0 aliphatic carbocycles. The van der Waals surface area contributed by atoms with Gasteiger partial charge in [-0.05, 0) is 53.8 Å². The Morgan fingerprint density at radius 1 is 1.00 bits per heavy atom. The SMILES string of the molecule is COc1ccc(CCC(=O)N2CCCC(C(=O)c3ccc4ccccc4c3)C2)cc1. The fourth-order valence-electron chi connectivity index (χ4n) is 4.20. The molecule has 1 saturated heterocycles. The summed E-state index contributed by atoms with van der Waals surface area (Å²) in [7, 11) is 1.64. The molecule has 1 amide bonds. The van der Waals surface area contributed by atoms with E-state index in [1.165, 1.54) is 0 Å². The summed E-state index contributed by atoms with van der Waals surface area (Å²) in [5.41, 5.74) is 1.86. The fourth-order valence-corrected chi connectivity index (χ4v) is 4.20. The van der Waals surface area contributed by atoms with Gasteiger partial charge in [-0.3, -0.25) is 9.59 Å². The van der Waals surface area contributed by atoms with Crippen molar-refractivity contribution in [1.82, 2.24) is 4.90 Å². The lowest BCUT2D eigenvalue weighted by atomic mass is 9.89. The highest BCUT2D eigenvalue weighted by Crippen LogP contribution is 2.24. The van der Waals surface area contributed by atoms with E-state index in [2.05, 4.69) is 0 Å². The lowest BCUT2D eigenvalue weighted by molar-refractivity contribution is -0.132. The van der Waals surface area contributed by atoms with Crippen molar-refractivity contribution in [3.63, 3.8) is 0 Å². The Kier molecular flexibility index (Phi) is 6.12. The van der Waals surface area contributed by atoms with E-state index in [9.17, 15) is 9.59 Å². The number of fused-ring (bicyclic) bond motifs is 1. The van der Waals surface area contributed by atoms with Gasteiger partial charge in [0.15, 0.2) is 5.78 Å². The van der Waals surface area contributed by atoms with Gasteiger partial charge in [-0.1, -0.05) is 48.5 Å². The van der Waals surface area contributed by atoms with Crippen LogP contribution in [0, 0.1) is 5.92 Å². The van der Waals surface area contributed by atoms with Crippen LogP contribution in [-0.4, -0.2) is 36.8 Å². The highest BCUT2D eigenvalue weighted by Gasteiger charge is 2.28. The Morgan fingerprint density at radius 3 is 2.53 bits per heavy atom. The second-order valence-corrected chi connectivity index (χ2v) is 7.95. The molecule has 0 spiro atoms. The average molecular weight is 402 g/mol. The molecule has 4 nitrogen and oxygen atoms in total. The van der Waals surface area contributed by atoms with E-state index >= 15 is 0 Å². The Labute approximate surface area is 177 Å². The van der Waals surface area contributed by atoms with Crippen LogP contribution >= 0.6 is 0 Å². The zero-order valence-electron chi connectivity index (χ0n) is 17.3. The predicted octanol–water partition coefficient (Wildman–Crippen LogP) is 4.90. The minimum Gasteiger partial charge on any atom is -0.497 e. The molecule has 30 heavy (non-hydrogen) atoms. The first kappa shape index (κ1) is 20.1. The van der Waals surface area contributed by atoms with Crippen molar-refractivity contribution in [2.75, 3.05) is 20.2 Å². The first-order valence-electron chi connectivity index (χ1n) is 10.6. The smallest absolute Gasteiger partial charge is 0.222 e. The van der Waals surface area contributed by atoms with Crippen molar-refractivity contribution in [1.29, 1.82) is 0 Å². The van der Waals surface area contributed by atoms with Crippen molar-refractivity contribution < 1.29 is 14.3 Å². The number of ketones is 1. The summed E-state index contributed by atoms with van der Waals surface area (Å²) in [5.74, 6) is 0.969. The zero-order chi connectivity index (χ0) is 20.9. The highest BCUT2D eigenvalue weighted by atomic mass is 16.5. The van der Waals surface area contributed by atoms with Gasteiger partial charge in [0.2, 0.25) is 5.91 Å². The van der Waals surface area contributed by atoms with E-state index in [0.717, 1.165) is 47.0 Å². The minimum atomic E-state index is -0.121. The number of carbonyl (C=O) groups is 2. The third-order valence-electron chi connectivity index (χ3n) is 5.97. The quantitative estimate of drug-likeness (QED) is 0.552. The van der Waals surface area contributed by atoms with Gasteiger partial charge in [0.05, 0.1) is 7.11 Å². The van der Waals surface area contributed by atoms with Crippen LogP contribution in [0.15, 0.2) is 66.7 Å². The predicted molar refractivity (Wildman–Crippen MR) is 119 cm³/mol. The van der Waals surface area contributed by atoms with Gasteiger partial charge in [-0.2, -0.15) is 0 Å². The number of nitrogens with zero attached hydrogens (tertiary/aromatic N) is 1. The second-order valence-electron chi connectivity index (χ2n) is 7.95. The van der Waals surface area contributed by atoms with Crippen LogP contribution in [0.25, 0.3) is 10.8 Å². The molecule has 1 fully saturated rings. The summed E-state index contributed by atoms with van der Waals surface area (Å²) in [6, 6.07) is 21.8. The van der Waals surface area contributed by atoms with Gasteiger partial charge >= 0.3 is 0 Å². The fraction of sp³-hybridized carbons (Fsp3) is 0.308. The van der Waals surface area contributed by atoms with Gasteiger partial charge in [-0.15, -0.1) is 0 Å². The van der Waals surface area contributed by atoms with E-state index in [-0.39, 0.29) is 17.6 Å². The van der Waals surface area contributed by atoms with E-state index in [4.69, 9.17) is 4.74 Å². The van der Waals surface area contributed by atoms with E-state index in [0.29, 0.717) is 19.4 Å². The Morgan fingerprint density at radius 2 is 1.77 bits per heavy atom. The van der Waals surface area contributed by atoms with Crippen LogP contribution in [0.4, 0.5) is 0 Å². The monoisotopic (exact) mass is 401 g/mol. The van der Waals surface area contributed by atoms with Gasteiger partial charge in [0.25, 0.3) is 0 Å². The van der Waals surface area contributed by atoms with Crippen molar-refractivity contribution in [2.24, 2.45) is 5.92 Å². The summed E-state index contributed by atoms with van der Waals surface area (Å²) in [6.45, 7) is 1.26. The molecule has 1 atom stereocenters. The number of hydrogen-bond donors (Lipinski definition) is 0. The molecule has 1 unspecified atom stereocenters. The number of hydrogen-bond acceptors (Lipinski definition) is 3. The molecule has 1 heterocycles. The molecular weight excluding hydrogens is 374 g/mol.